The first-order chi connectivity index (χ1) is 16.0. The number of amides is 1. The van der Waals surface area contributed by atoms with E-state index in [9.17, 15) is 4.79 Å². The molecule has 2 aromatic rings. The molecule has 2 aliphatic heterocycles. The maximum absolute atomic E-state index is 11.7. The Morgan fingerprint density at radius 1 is 1.15 bits per heavy atom. The van der Waals surface area contributed by atoms with Gasteiger partial charge in [0.05, 0.1) is 18.1 Å². The Morgan fingerprint density at radius 2 is 1.91 bits per heavy atom. The van der Waals surface area contributed by atoms with Gasteiger partial charge in [-0.05, 0) is 43.4 Å². The summed E-state index contributed by atoms with van der Waals surface area (Å²) in [6.45, 7) is 10.4. The van der Waals surface area contributed by atoms with Crippen LogP contribution in [-0.2, 0) is 0 Å². The second-order valence-electron chi connectivity index (χ2n) is 9.27. The third kappa shape index (κ3) is 4.25. The number of rotatable bonds is 4. The zero-order chi connectivity index (χ0) is 22.9. The van der Waals surface area contributed by atoms with E-state index < -0.39 is 0 Å². The van der Waals surface area contributed by atoms with Gasteiger partial charge in [0.1, 0.15) is 0 Å². The fraction of sp³-hybridized carbons (Fsp3) is 0.423. The summed E-state index contributed by atoms with van der Waals surface area (Å²) in [6.07, 6.45) is 9.49. The van der Waals surface area contributed by atoms with Crippen LogP contribution in [0.1, 0.15) is 46.6 Å². The highest BCUT2D eigenvalue weighted by Gasteiger charge is 2.34. The number of nitrogens with zero attached hydrogens (tertiary/aromatic N) is 4. The van der Waals surface area contributed by atoms with Crippen LogP contribution in [0.25, 0.3) is 11.8 Å². The minimum Gasteiger partial charge on any atom is -0.366 e. The lowest BCUT2D eigenvalue weighted by molar-refractivity contribution is 0.0952. The molecule has 1 aromatic carbocycles. The van der Waals surface area contributed by atoms with Crippen molar-refractivity contribution in [3.05, 3.63) is 65.4 Å². The van der Waals surface area contributed by atoms with E-state index in [4.69, 9.17) is 0 Å². The van der Waals surface area contributed by atoms with Gasteiger partial charge in [0.2, 0.25) is 5.82 Å². The SMILES string of the molecule is C=C1NC([C@@H]2CC[C@H](N3CCN(c4cnc(C(=O)NC)nc4)CC3)C2)=Cc2cccc(C)c21. The van der Waals surface area contributed by atoms with E-state index in [1.165, 1.54) is 41.6 Å². The fourth-order valence-corrected chi connectivity index (χ4v) is 5.51. The maximum Gasteiger partial charge on any atom is 0.288 e. The molecule has 3 heterocycles. The average molecular weight is 445 g/mol. The summed E-state index contributed by atoms with van der Waals surface area (Å²) < 4.78 is 0. The Hall–Kier alpha value is -3.19. The summed E-state index contributed by atoms with van der Waals surface area (Å²) in [5.74, 6) is 0.513. The van der Waals surface area contributed by atoms with E-state index in [0.717, 1.165) is 37.6 Å². The summed E-state index contributed by atoms with van der Waals surface area (Å²) in [6, 6.07) is 7.11. The number of carbonyl (C=O) groups is 1. The van der Waals surface area contributed by atoms with Gasteiger partial charge >= 0.3 is 0 Å². The molecule has 1 aliphatic carbocycles. The Kier molecular flexibility index (Phi) is 5.89. The molecule has 5 rings (SSSR count). The van der Waals surface area contributed by atoms with Crippen LogP contribution < -0.4 is 15.5 Å². The highest BCUT2D eigenvalue weighted by Crippen LogP contribution is 2.38. The van der Waals surface area contributed by atoms with E-state index in [0.29, 0.717) is 12.0 Å². The number of aryl methyl sites for hydroxylation is 1. The van der Waals surface area contributed by atoms with Crippen LogP contribution in [0.3, 0.4) is 0 Å². The first-order valence-electron chi connectivity index (χ1n) is 11.8. The zero-order valence-corrected chi connectivity index (χ0v) is 19.5. The molecule has 0 spiro atoms. The van der Waals surface area contributed by atoms with Crippen LogP contribution in [0, 0.1) is 12.8 Å². The van der Waals surface area contributed by atoms with Crippen molar-refractivity contribution in [1.82, 2.24) is 25.5 Å². The molecule has 2 N–H and O–H groups in total. The number of fused-ring (bicyclic) bond motifs is 1. The second kappa shape index (κ2) is 8.98. The topological polar surface area (TPSA) is 73.4 Å². The van der Waals surface area contributed by atoms with E-state index in [1.807, 2.05) is 0 Å². The lowest BCUT2D eigenvalue weighted by atomic mass is 9.91. The predicted octanol–water partition coefficient (Wildman–Crippen LogP) is 3.05. The summed E-state index contributed by atoms with van der Waals surface area (Å²) >= 11 is 0. The zero-order valence-electron chi connectivity index (χ0n) is 19.5. The molecule has 0 unspecified atom stereocenters. The number of piperazine rings is 1. The molecule has 3 aliphatic rings. The number of hydrogen-bond acceptors (Lipinski definition) is 6. The number of allylic oxidation sites excluding steroid dienone is 1. The molecule has 1 aromatic heterocycles. The average Bonchev–Trinajstić information content (AvgIpc) is 3.34. The largest absolute Gasteiger partial charge is 0.366 e. The fourth-order valence-electron chi connectivity index (χ4n) is 5.51. The van der Waals surface area contributed by atoms with Crippen LogP contribution >= 0.6 is 0 Å². The minimum absolute atomic E-state index is 0.211. The van der Waals surface area contributed by atoms with Gasteiger partial charge in [0.15, 0.2) is 0 Å². The van der Waals surface area contributed by atoms with Crippen LogP contribution in [0.15, 0.2) is 42.9 Å². The number of anilines is 1. The van der Waals surface area contributed by atoms with Crippen molar-refractivity contribution in [2.24, 2.45) is 5.92 Å². The van der Waals surface area contributed by atoms with Crippen LogP contribution in [0.2, 0.25) is 0 Å². The molecule has 1 saturated carbocycles. The van der Waals surface area contributed by atoms with Gasteiger partial charge in [-0.25, -0.2) is 9.97 Å². The number of nitrogens with one attached hydrogen (secondary N) is 2. The normalized spacial score (nSPS) is 23.0. The van der Waals surface area contributed by atoms with Crippen molar-refractivity contribution in [3.8, 4) is 0 Å². The van der Waals surface area contributed by atoms with Gasteiger partial charge in [0, 0.05) is 62.1 Å². The summed E-state index contributed by atoms with van der Waals surface area (Å²) in [4.78, 5) is 25.0. The van der Waals surface area contributed by atoms with E-state index >= 15 is 0 Å². The first kappa shape index (κ1) is 21.6. The molecule has 1 amide bonds. The van der Waals surface area contributed by atoms with Gasteiger partial charge in [0.25, 0.3) is 5.91 Å². The molecular weight excluding hydrogens is 412 g/mol. The molecule has 2 fully saturated rings. The Morgan fingerprint density at radius 3 is 2.64 bits per heavy atom. The predicted molar refractivity (Wildman–Crippen MR) is 132 cm³/mol. The number of carbonyl (C=O) groups excluding carboxylic acids is 1. The van der Waals surface area contributed by atoms with Crippen LogP contribution in [0.4, 0.5) is 5.69 Å². The third-order valence-electron chi connectivity index (χ3n) is 7.32. The molecular formula is C26H32N6O. The highest BCUT2D eigenvalue weighted by atomic mass is 16.2. The second-order valence-corrected chi connectivity index (χ2v) is 9.27. The van der Waals surface area contributed by atoms with Crippen molar-refractivity contribution >= 4 is 23.4 Å². The van der Waals surface area contributed by atoms with E-state index in [2.05, 4.69) is 68.2 Å². The molecule has 33 heavy (non-hydrogen) atoms. The number of aromatic nitrogens is 2. The Balaban J connectivity index is 1.19. The molecule has 172 valence electrons. The first-order valence-corrected chi connectivity index (χ1v) is 11.8. The van der Waals surface area contributed by atoms with E-state index in [1.54, 1.807) is 19.4 Å². The highest BCUT2D eigenvalue weighted by molar-refractivity contribution is 5.90. The lowest BCUT2D eigenvalue weighted by Gasteiger charge is -2.39. The molecule has 7 heteroatoms. The van der Waals surface area contributed by atoms with Crippen LogP contribution in [0.5, 0.6) is 0 Å². The van der Waals surface area contributed by atoms with Crippen LogP contribution in [-0.4, -0.2) is 60.0 Å². The smallest absolute Gasteiger partial charge is 0.288 e. The number of hydrogen-bond donors (Lipinski definition) is 2. The van der Waals surface area contributed by atoms with Gasteiger partial charge < -0.3 is 15.5 Å². The summed E-state index contributed by atoms with van der Waals surface area (Å²) in [5.41, 5.74) is 7.15. The maximum atomic E-state index is 11.7. The van der Waals surface area contributed by atoms with Crippen molar-refractivity contribution in [3.63, 3.8) is 0 Å². The molecule has 1 saturated heterocycles. The van der Waals surface area contributed by atoms with Gasteiger partial charge in [-0.3, -0.25) is 9.69 Å². The van der Waals surface area contributed by atoms with Crippen molar-refractivity contribution in [2.75, 3.05) is 38.1 Å². The van der Waals surface area contributed by atoms with E-state index in [-0.39, 0.29) is 11.7 Å². The van der Waals surface area contributed by atoms with Gasteiger partial charge in [-0.15, -0.1) is 0 Å². The Labute approximate surface area is 195 Å². The molecule has 2 atom stereocenters. The van der Waals surface area contributed by atoms with Crippen molar-refractivity contribution in [2.45, 2.75) is 32.2 Å². The third-order valence-corrected chi connectivity index (χ3v) is 7.32. The Bertz CT molecular complexity index is 1080. The van der Waals surface area contributed by atoms with Gasteiger partial charge in [-0.1, -0.05) is 24.8 Å². The summed E-state index contributed by atoms with van der Waals surface area (Å²) in [7, 11) is 1.59. The molecule has 7 nitrogen and oxygen atoms in total. The van der Waals surface area contributed by atoms with Crippen molar-refractivity contribution in [1.29, 1.82) is 0 Å². The molecule has 0 radical (unpaired) electrons. The number of benzene rings is 1. The van der Waals surface area contributed by atoms with Crippen molar-refractivity contribution < 1.29 is 4.79 Å². The lowest BCUT2D eigenvalue weighted by Crippen LogP contribution is -2.50. The van der Waals surface area contributed by atoms with Gasteiger partial charge in [-0.2, -0.15) is 0 Å². The quantitative estimate of drug-likeness (QED) is 0.755. The monoisotopic (exact) mass is 444 g/mol. The standard InChI is InChI=1S/C26H32N6O/c1-17-5-4-6-20-14-23(30-18(2)24(17)20)19-7-8-21(13-19)31-9-11-32(12-10-31)22-15-28-25(29-16-22)26(33)27-3/h4-6,14-16,19,21,30H,2,7-13H2,1,3H3,(H,27,33)/t19-,21+/m1/s1. The summed E-state index contributed by atoms with van der Waals surface area (Å²) in [5, 5.41) is 6.18. The molecule has 0 bridgehead atoms. The minimum atomic E-state index is -0.257.